The average Bonchev–Trinajstić information content (AvgIpc) is 2.26. The fourth-order valence-corrected chi connectivity index (χ4v) is 3.94. The minimum absolute atomic E-state index is 0.430. The first-order valence-corrected chi connectivity index (χ1v) is 8.16. The standard InChI is InChI=1S/C17H26BrN/c1-12-9-16(11-17(3,4)10-12)19-13(2)14-5-7-15(18)8-6-14/h5-8,12-13,16,19H,9-11H2,1-4H3/t12?,13-,16?/m0/s1. The molecule has 1 aliphatic rings. The number of nitrogens with one attached hydrogen (secondary N) is 1. The summed E-state index contributed by atoms with van der Waals surface area (Å²) in [7, 11) is 0. The summed E-state index contributed by atoms with van der Waals surface area (Å²) in [5, 5.41) is 3.83. The summed E-state index contributed by atoms with van der Waals surface area (Å²) in [4.78, 5) is 0. The van der Waals surface area contributed by atoms with Crippen LogP contribution in [-0.2, 0) is 0 Å². The van der Waals surface area contributed by atoms with Gasteiger partial charge in [-0.1, -0.05) is 48.8 Å². The zero-order valence-corrected chi connectivity index (χ0v) is 14.1. The van der Waals surface area contributed by atoms with Gasteiger partial charge in [0, 0.05) is 16.6 Å². The monoisotopic (exact) mass is 323 g/mol. The maximum absolute atomic E-state index is 3.83. The summed E-state index contributed by atoms with van der Waals surface area (Å²) in [5.74, 6) is 0.832. The third-order valence-corrected chi connectivity index (χ3v) is 4.77. The smallest absolute Gasteiger partial charge is 0.0294 e. The highest BCUT2D eigenvalue weighted by atomic mass is 79.9. The van der Waals surface area contributed by atoms with Crippen molar-refractivity contribution < 1.29 is 0 Å². The van der Waals surface area contributed by atoms with Crippen molar-refractivity contribution in [3.05, 3.63) is 34.3 Å². The second kappa shape index (κ2) is 5.97. The molecule has 0 amide bonds. The van der Waals surface area contributed by atoms with Crippen molar-refractivity contribution in [2.45, 2.75) is 59.0 Å². The van der Waals surface area contributed by atoms with Gasteiger partial charge in [-0.15, -0.1) is 0 Å². The van der Waals surface area contributed by atoms with Crippen LogP contribution in [-0.4, -0.2) is 6.04 Å². The fourth-order valence-electron chi connectivity index (χ4n) is 3.67. The van der Waals surface area contributed by atoms with E-state index in [1.807, 2.05) is 0 Å². The third kappa shape index (κ3) is 4.32. The first kappa shape index (κ1) is 15.1. The molecule has 19 heavy (non-hydrogen) atoms. The second-order valence-electron chi connectivity index (χ2n) is 7.05. The number of hydrogen-bond acceptors (Lipinski definition) is 1. The molecule has 1 nitrogen and oxygen atoms in total. The van der Waals surface area contributed by atoms with E-state index in [9.17, 15) is 0 Å². The maximum atomic E-state index is 3.83. The van der Waals surface area contributed by atoms with Gasteiger partial charge >= 0.3 is 0 Å². The lowest BCUT2D eigenvalue weighted by Gasteiger charge is -2.40. The molecule has 0 bridgehead atoms. The Kier molecular flexibility index (Phi) is 4.73. The van der Waals surface area contributed by atoms with Crippen molar-refractivity contribution >= 4 is 15.9 Å². The van der Waals surface area contributed by atoms with E-state index in [1.54, 1.807) is 0 Å². The summed E-state index contributed by atoms with van der Waals surface area (Å²) in [6, 6.07) is 9.75. The summed E-state index contributed by atoms with van der Waals surface area (Å²) < 4.78 is 1.15. The van der Waals surface area contributed by atoms with E-state index in [1.165, 1.54) is 24.8 Å². The Morgan fingerprint density at radius 2 is 1.84 bits per heavy atom. The summed E-state index contributed by atoms with van der Waals surface area (Å²) in [6.07, 6.45) is 3.96. The highest BCUT2D eigenvalue weighted by molar-refractivity contribution is 9.10. The molecule has 0 spiro atoms. The molecular formula is C17H26BrN. The van der Waals surface area contributed by atoms with Crippen LogP contribution in [0.15, 0.2) is 28.7 Å². The molecular weight excluding hydrogens is 298 g/mol. The molecule has 1 fully saturated rings. The van der Waals surface area contributed by atoms with Gasteiger partial charge < -0.3 is 5.32 Å². The van der Waals surface area contributed by atoms with Gasteiger partial charge in [0.25, 0.3) is 0 Å². The zero-order chi connectivity index (χ0) is 14.0. The van der Waals surface area contributed by atoms with Crippen molar-refractivity contribution in [1.82, 2.24) is 5.32 Å². The van der Waals surface area contributed by atoms with Crippen molar-refractivity contribution in [2.24, 2.45) is 11.3 Å². The van der Waals surface area contributed by atoms with E-state index in [4.69, 9.17) is 0 Å². The van der Waals surface area contributed by atoms with E-state index < -0.39 is 0 Å². The van der Waals surface area contributed by atoms with Crippen LogP contribution in [0.4, 0.5) is 0 Å². The Balaban J connectivity index is 1.98. The van der Waals surface area contributed by atoms with E-state index in [0.29, 0.717) is 17.5 Å². The third-order valence-electron chi connectivity index (χ3n) is 4.24. The van der Waals surface area contributed by atoms with Gasteiger partial charge in [0.05, 0.1) is 0 Å². The van der Waals surface area contributed by atoms with Gasteiger partial charge in [-0.05, 0) is 55.2 Å². The van der Waals surface area contributed by atoms with Crippen molar-refractivity contribution in [1.29, 1.82) is 0 Å². The molecule has 2 unspecified atom stereocenters. The minimum atomic E-state index is 0.430. The Labute approximate surface area is 126 Å². The molecule has 1 N–H and O–H groups in total. The first-order chi connectivity index (χ1) is 8.85. The average molecular weight is 324 g/mol. The van der Waals surface area contributed by atoms with Crippen LogP contribution in [0.25, 0.3) is 0 Å². The summed E-state index contributed by atoms with van der Waals surface area (Å²) in [5.41, 5.74) is 1.86. The molecule has 0 radical (unpaired) electrons. The molecule has 1 aromatic rings. The minimum Gasteiger partial charge on any atom is -0.307 e. The Bertz CT molecular complexity index is 410. The quantitative estimate of drug-likeness (QED) is 0.794. The van der Waals surface area contributed by atoms with E-state index in [0.717, 1.165) is 10.4 Å². The highest BCUT2D eigenvalue weighted by Crippen LogP contribution is 2.39. The topological polar surface area (TPSA) is 12.0 Å². The lowest BCUT2D eigenvalue weighted by Crippen LogP contribution is -2.41. The zero-order valence-electron chi connectivity index (χ0n) is 12.5. The van der Waals surface area contributed by atoms with Crippen LogP contribution in [0.2, 0.25) is 0 Å². The molecule has 106 valence electrons. The van der Waals surface area contributed by atoms with Gasteiger partial charge in [-0.3, -0.25) is 0 Å². The normalized spacial score (nSPS) is 28.1. The van der Waals surface area contributed by atoms with E-state index >= 15 is 0 Å². The Morgan fingerprint density at radius 3 is 2.42 bits per heavy atom. The predicted octanol–water partition coefficient (Wildman–Crippen LogP) is 5.31. The summed E-state index contributed by atoms with van der Waals surface area (Å²) in [6.45, 7) is 9.47. The highest BCUT2D eigenvalue weighted by Gasteiger charge is 2.32. The lowest BCUT2D eigenvalue weighted by atomic mass is 9.70. The molecule has 2 rings (SSSR count). The molecule has 0 aromatic heterocycles. The van der Waals surface area contributed by atoms with Crippen LogP contribution in [0, 0.1) is 11.3 Å². The van der Waals surface area contributed by atoms with Gasteiger partial charge in [0.2, 0.25) is 0 Å². The maximum Gasteiger partial charge on any atom is 0.0294 e. The molecule has 1 aliphatic carbocycles. The largest absolute Gasteiger partial charge is 0.307 e. The van der Waals surface area contributed by atoms with Gasteiger partial charge in [0.1, 0.15) is 0 Å². The van der Waals surface area contributed by atoms with Crippen LogP contribution in [0.1, 0.15) is 58.6 Å². The lowest BCUT2D eigenvalue weighted by molar-refractivity contribution is 0.145. The fraction of sp³-hybridized carbons (Fsp3) is 0.647. The van der Waals surface area contributed by atoms with E-state index in [2.05, 4.69) is 73.2 Å². The molecule has 3 atom stereocenters. The number of halogens is 1. The van der Waals surface area contributed by atoms with Gasteiger partial charge in [0.15, 0.2) is 0 Å². The molecule has 2 heteroatoms. The number of rotatable bonds is 3. The van der Waals surface area contributed by atoms with Crippen LogP contribution < -0.4 is 5.32 Å². The van der Waals surface area contributed by atoms with Gasteiger partial charge in [-0.2, -0.15) is 0 Å². The van der Waals surface area contributed by atoms with Crippen molar-refractivity contribution in [3.8, 4) is 0 Å². The number of hydrogen-bond donors (Lipinski definition) is 1. The van der Waals surface area contributed by atoms with Crippen LogP contribution in [0.3, 0.4) is 0 Å². The summed E-state index contributed by atoms with van der Waals surface area (Å²) >= 11 is 3.50. The molecule has 0 aliphatic heterocycles. The Morgan fingerprint density at radius 1 is 1.21 bits per heavy atom. The van der Waals surface area contributed by atoms with Gasteiger partial charge in [-0.25, -0.2) is 0 Å². The Hall–Kier alpha value is -0.340. The second-order valence-corrected chi connectivity index (χ2v) is 7.97. The first-order valence-electron chi connectivity index (χ1n) is 7.37. The molecule has 1 aromatic carbocycles. The molecule has 1 saturated carbocycles. The van der Waals surface area contributed by atoms with E-state index in [-0.39, 0.29) is 0 Å². The van der Waals surface area contributed by atoms with Crippen molar-refractivity contribution in [3.63, 3.8) is 0 Å². The molecule has 0 saturated heterocycles. The SMILES string of the molecule is CC1CC(N[C@@H](C)c2ccc(Br)cc2)CC(C)(C)C1. The van der Waals surface area contributed by atoms with Crippen molar-refractivity contribution in [2.75, 3.05) is 0 Å². The number of benzene rings is 1. The van der Waals surface area contributed by atoms with Crippen LogP contribution in [0.5, 0.6) is 0 Å². The van der Waals surface area contributed by atoms with Crippen LogP contribution >= 0.6 is 15.9 Å². The molecule has 0 heterocycles. The predicted molar refractivity (Wildman–Crippen MR) is 86.3 cm³/mol.